The van der Waals surface area contributed by atoms with E-state index >= 15 is 0 Å². The molecule has 0 heterocycles. The van der Waals surface area contributed by atoms with Crippen molar-refractivity contribution < 1.29 is 22.9 Å². The fourth-order valence-electron chi connectivity index (χ4n) is 0. The van der Waals surface area contributed by atoms with Crippen molar-refractivity contribution in [2.75, 3.05) is 0 Å². The fraction of sp³-hybridized carbons (Fsp3) is 0. The van der Waals surface area contributed by atoms with Crippen LogP contribution in [0.2, 0.25) is 0 Å². The van der Waals surface area contributed by atoms with Crippen LogP contribution in [0.15, 0.2) is 0 Å². The summed E-state index contributed by atoms with van der Waals surface area (Å²) in [6.45, 7) is -4.19. The molecule has 9 heavy (non-hydrogen) atoms. The average Bonchev–Trinajstić information content (AvgIpc) is 1.67. The summed E-state index contributed by atoms with van der Waals surface area (Å²) < 4.78 is 31.4. The number of carboxylic acid groups (broad SMARTS) is 1. The van der Waals surface area contributed by atoms with E-state index in [2.05, 4.69) is 3.72 Å². The Hall–Kier alpha value is 0.210. The molecule has 0 amide bonds. The molecule has 0 atom stereocenters. The van der Waals surface area contributed by atoms with Crippen molar-refractivity contribution in [1.29, 1.82) is 0 Å². The summed E-state index contributed by atoms with van der Waals surface area (Å²) >= 11 is -2.09. The third-order valence-corrected chi connectivity index (χ3v) is 3.46. The number of nitrogens with two attached hydrogens (primary N) is 1. The number of hydrogen-bond donors (Lipinski definition) is 2. The summed E-state index contributed by atoms with van der Waals surface area (Å²) in [4.78, 5) is 8.25. The van der Waals surface area contributed by atoms with Crippen LogP contribution in [0.3, 0.4) is 0 Å². The van der Waals surface area contributed by atoms with Gasteiger partial charge in [0.15, 0.2) is 0 Å². The van der Waals surface area contributed by atoms with Crippen LogP contribution in [0.4, 0.5) is 0 Å². The predicted octanol–water partition coefficient (Wildman–Crippen LogP) is -3.27. The first kappa shape index (κ1) is 11.9. The van der Waals surface area contributed by atoms with Crippen molar-refractivity contribution in [3.63, 3.8) is 0 Å². The van der Waals surface area contributed by atoms with Gasteiger partial charge < -0.3 is 9.90 Å². The summed E-state index contributed by atoms with van der Waals surface area (Å²) in [6.07, 6.45) is 0. The van der Waals surface area contributed by atoms with Crippen LogP contribution in [0, 0.1) is 0 Å². The van der Waals surface area contributed by atoms with Crippen LogP contribution in [-0.4, -0.2) is 41.2 Å². The van der Waals surface area contributed by atoms with Crippen molar-refractivity contribution in [2.45, 2.75) is 0 Å². The second-order valence-electron chi connectivity index (χ2n) is 0.747. The average molecular weight is 257 g/mol. The van der Waals surface area contributed by atoms with Crippen molar-refractivity contribution in [1.82, 2.24) is 0 Å². The molecule has 0 spiro atoms. The van der Waals surface area contributed by atoms with Crippen molar-refractivity contribution in [3.05, 3.63) is 0 Å². The molecule has 0 rings (SSSR count). The minimum atomic E-state index is -3.69. The molecule has 0 aromatic heterocycles. The first-order valence-electron chi connectivity index (χ1n) is 1.56. The van der Waals surface area contributed by atoms with Gasteiger partial charge in [0.25, 0.3) is 0 Å². The quantitative estimate of drug-likeness (QED) is 0.375. The van der Waals surface area contributed by atoms with Crippen LogP contribution in [0.1, 0.15) is 0 Å². The van der Waals surface area contributed by atoms with Gasteiger partial charge in [0.1, 0.15) is 0 Å². The Labute approximate surface area is 61.8 Å². The van der Waals surface area contributed by atoms with E-state index in [1.165, 1.54) is 0 Å². The molecule has 8 heteroatoms. The van der Waals surface area contributed by atoms with Crippen molar-refractivity contribution in [2.24, 2.45) is 3.72 Å². The van der Waals surface area contributed by atoms with E-state index in [1.54, 1.807) is 0 Å². The van der Waals surface area contributed by atoms with Gasteiger partial charge in [0.2, 0.25) is 0 Å². The normalized spacial score (nSPS) is 8.22. The molecule has 0 aliphatic heterocycles. The van der Waals surface area contributed by atoms with Crippen LogP contribution in [-0.2, 0) is 11.7 Å². The minimum absolute atomic E-state index is 0.500. The number of rotatable bonds is 1. The second-order valence-corrected chi connectivity index (χ2v) is 9.48. The summed E-state index contributed by atoms with van der Waals surface area (Å²) in [7, 11) is 0. The standard InChI is InChI=1S/CH2O2.In.H2N.HO3S/c2-1-3;;;1-4(2)3/h1H,(H,2,3);;1H2;(H,1,2,3)/q;+2;-1;/p-1. The Morgan fingerprint density at radius 1 is 1.67 bits per heavy atom. The van der Waals surface area contributed by atoms with Crippen molar-refractivity contribution >= 4 is 35.2 Å². The molecule has 3 N–H and O–H groups in total. The topological polar surface area (TPSA) is 121 Å². The van der Waals surface area contributed by atoms with Gasteiger partial charge in [0.05, 0.1) is 0 Å². The van der Waals surface area contributed by atoms with E-state index in [-0.39, 0.29) is 0 Å². The van der Waals surface area contributed by atoms with E-state index in [4.69, 9.17) is 14.5 Å². The van der Waals surface area contributed by atoms with Gasteiger partial charge in [0, 0.05) is 6.47 Å². The fourth-order valence-corrected chi connectivity index (χ4v) is 0. The third kappa shape index (κ3) is 30.7. The van der Waals surface area contributed by atoms with E-state index in [1.807, 2.05) is 0 Å². The van der Waals surface area contributed by atoms with Gasteiger partial charge in [-0.25, -0.2) is 0 Å². The van der Waals surface area contributed by atoms with Crippen LogP contribution in [0.25, 0.3) is 0 Å². The van der Waals surface area contributed by atoms with Crippen LogP contribution in [0.5, 0.6) is 0 Å². The number of carbonyl (C=O) groups is 1. The van der Waals surface area contributed by atoms with Gasteiger partial charge in [-0.15, -0.1) is 0 Å². The zero-order valence-corrected chi connectivity index (χ0v) is 8.33. The van der Waals surface area contributed by atoms with Gasteiger partial charge in [-0.1, -0.05) is 0 Å². The Balaban J connectivity index is 0. The first-order valence-corrected chi connectivity index (χ1v) is 9.00. The molecular weight excluding hydrogens is 253 g/mol. The summed E-state index contributed by atoms with van der Waals surface area (Å²) in [5, 5.41) is 8.25. The van der Waals surface area contributed by atoms with E-state index in [0.29, 0.717) is 0 Å². The molecule has 0 saturated heterocycles. The summed E-state index contributed by atoms with van der Waals surface area (Å²) in [5.74, 6) is 0. The molecule has 0 aromatic carbocycles. The molecule has 0 aliphatic rings. The molecule has 6 nitrogen and oxygen atoms in total. The summed E-state index contributed by atoms with van der Waals surface area (Å²) in [5.41, 5.74) is 0. The molecular formula is CH4InNO5S. The molecule has 0 radical (unpaired) electrons. The molecule has 52 valence electrons. The predicted molar refractivity (Wildman–Crippen MR) is 27.6 cm³/mol. The Kier molecular flexibility index (Phi) is 8.40. The van der Waals surface area contributed by atoms with E-state index < -0.39 is 35.2 Å². The summed E-state index contributed by atoms with van der Waals surface area (Å²) in [6, 6.07) is 0. The van der Waals surface area contributed by atoms with Gasteiger partial charge in [-0.3, -0.25) is 0 Å². The molecule has 0 aliphatic carbocycles. The first-order chi connectivity index (χ1) is 3.97. The maximum absolute atomic E-state index is 9.52. The monoisotopic (exact) mass is 257 g/mol. The van der Waals surface area contributed by atoms with E-state index in [0.717, 1.165) is 0 Å². The number of carbonyl (C=O) groups excluding carboxylic acids is 1. The molecule has 0 fully saturated rings. The molecule has 0 aromatic rings. The van der Waals surface area contributed by atoms with E-state index in [9.17, 15) is 8.42 Å². The maximum atomic E-state index is 9.52. The Bertz CT molecular complexity index is 150. The van der Waals surface area contributed by atoms with Crippen LogP contribution < -0.4 is 8.83 Å². The van der Waals surface area contributed by atoms with Gasteiger partial charge in [-0.05, 0) is 0 Å². The second kappa shape index (κ2) is 6.33. The van der Waals surface area contributed by atoms with Gasteiger partial charge >= 0.3 is 45.4 Å². The third-order valence-electron chi connectivity index (χ3n) is 0.172. The van der Waals surface area contributed by atoms with Crippen molar-refractivity contribution in [3.8, 4) is 0 Å². The van der Waals surface area contributed by atoms with Crippen LogP contribution >= 0.6 is 0 Å². The zero-order chi connectivity index (χ0) is 7.91. The molecule has 0 saturated carbocycles. The molecule has 0 unspecified atom stereocenters. The zero-order valence-electron chi connectivity index (χ0n) is 4.22. The van der Waals surface area contributed by atoms with Gasteiger partial charge in [-0.2, -0.15) is 0 Å². The SMILES string of the molecule is O=C[O-].[NH2][In+][S](=O)(=O)O. The number of hydrogen-bond acceptors (Lipinski definition) is 5. The molecule has 0 bridgehead atoms. The Morgan fingerprint density at radius 3 is 1.78 bits per heavy atom. The Morgan fingerprint density at radius 2 is 1.78 bits per heavy atom.